The van der Waals surface area contributed by atoms with E-state index in [1.54, 1.807) is 12.1 Å². The molecule has 1 saturated carbocycles. The summed E-state index contributed by atoms with van der Waals surface area (Å²) in [6.07, 6.45) is -3.65. The third kappa shape index (κ3) is 3.87. The van der Waals surface area contributed by atoms with Crippen LogP contribution in [0.25, 0.3) is 11.1 Å². The Bertz CT molecular complexity index is 687. The number of aliphatic hydroxyl groups excluding tert-OH is 1. The van der Waals surface area contributed by atoms with Crippen LogP contribution in [0.2, 0.25) is 0 Å². The molecular weight excluding hydrogens is 332 g/mol. The quantitative estimate of drug-likeness (QED) is 0.685. The van der Waals surface area contributed by atoms with Crippen LogP contribution in [-0.4, -0.2) is 17.0 Å². The molecule has 2 aromatic carbocycles. The molecule has 1 nitrogen and oxygen atoms in total. The number of alkyl halides is 4. The van der Waals surface area contributed by atoms with E-state index < -0.39 is 36.7 Å². The summed E-state index contributed by atoms with van der Waals surface area (Å²) in [5.41, 5.74) is 1.91. The van der Waals surface area contributed by atoms with Gasteiger partial charge in [0.25, 0.3) is 5.92 Å². The van der Waals surface area contributed by atoms with Gasteiger partial charge in [-0.3, -0.25) is 0 Å². The van der Waals surface area contributed by atoms with Gasteiger partial charge in [0, 0.05) is 18.8 Å². The molecule has 1 atom stereocenters. The van der Waals surface area contributed by atoms with Crippen molar-refractivity contribution in [1.29, 1.82) is 0 Å². The van der Waals surface area contributed by atoms with E-state index in [0.717, 1.165) is 11.1 Å². The first-order chi connectivity index (χ1) is 11.8. The Labute approximate surface area is 144 Å². The van der Waals surface area contributed by atoms with Crippen molar-refractivity contribution in [2.75, 3.05) is 0 Å². The number of benzene rings is 2. The predicted octanol–water partition coefficient (Wildman–Crippen LogP) is 5.85. The lowest BCUT2D eigenvalue weighted by Gasteiger charge is -2.36. The first-order valence-electron chi connectivity index (χ1n) is 8.39. The Morgan fingerprint density at radius 3 is 1.96 bits per heavy atom. The van der Waals surface area contributed by atoms with E-state index in [0.29, 0.717) is 0 Å². The smallest absolute Gasteiger partial charge is 0.280 e. The molecule has 0 heterocycles. The Morgan fingerprint density at radius 1 is 0.880 bits per heavy atom. The molecule has 1 N–H and O–H groups in total. The maximum absolute atomic E-state index is 14.6. The van der Waals surface area contributed by atoms with E-state index in [1.165, 1.54) is 12.1 Å². The van der Waals surface area contributed by atoms with Gasteiger partial charge in [0.05, 0.1) is 0 Å². The molecule has 0 aliphatic heterocycles. The van der Waals surface area contributed by atoms with E-state index in [4.69, 9.17) is 0 Å². The van der Waals surface area contributed by atoms with Crippen LogP contribution in [0.5, 0.6) is 0 Å². The maximum atomic E-state index is 14.6. The van der Waals surface area contributed by atoms with Crippen LogP contribution in [0.3, 0.4) is 0 Å². The first kappa shape index (κ1) is 17.9. The van der Waals surface area contributed by atoms with Gasteiger partial charge in [0.1, 0.15) is 6.10 Å². The van der Waals surface area contributed by atoms with Crippen molar-refractivity contribution in [2.24, 2.45) is 5.92 Å². The highest BCUT2D eigenvalue weighted by atomic mass is 19.3. The Kier molecular flexibility index (Phi) is 4.87. The van der Waals surface area contributed by atoms with Crippen LogP contribution in [0.4, 0.5) is 17.6 Å². The van der Waals surface area contributed by atoms with E-state index >= 15 is 0 Å². The van der Waals surface area contributed by atoms with Crippen molar-refractivity contribution in [3.8, 4) is 11.1 Å². The zero-order chi connectivity index (χ0) is 18.1. The lowest BCUT2D eigenvalue weighted by atomic mass is 9.79. The van der Waals surface area contributed by atoms with Gasteiger partial charge in [-0.15, -0.1) is 0 Å². The van der Waals surface area contributed by atoms with E-state index in [2.05, 4.69) is 0 Å². The number of hydrogen-bond acceptors (Lipinski definition) is 1. The number of rotatable bonds is 4. The van der Waals surface area contributed by atoms with Crippen molar-refractivity contribution in [2.45, 2.75) is 43.6 Å². The molecule has 0 radical (unpaired) electrons. The average Bonchev–Trinajstić information content (AvgIpc) is 2.61. The molecule has 0 bridgehead atoms. The van der Waals surface area contributed by atoms with Gasteiger partial charge < -0.3 is 5.11 Å². The minimum absolute atomic E-state index is 0.0991. The van der Waals surface area contributed by atoms with Crippen LogP contribution in [0, 0.1) is 5.92 Å². The van der Waals surface area contributed by atoms with Gasteiger partial charge >= 0.3 is 0 Å². The van der Waals surface area contributed by atoms with Crippen LogP contribution >= 0.6 is 0 Å². The summed E-state index contributed by atoms with van der Waals surface area (Å²) in [5.74, 6) is -7.52. The number of halogens is 4. The summed E-state index contributed by atoms with van der Waals surface area (Å²) in [7, 11) is 0. The summed E-state index contributed by atoms with van der Waals surface area (Å²) >= 11 is 0. The highest BCUT2D eigenvalue weighted by Gasteiger charge is 2.50. The minimum Gasteiger partial charge on any atom is -0.382 e. The largest absolute Gasteiger partial charge is 0.382 e. The minimum atomic E-state index is -3.43. The van der Waals surface area contributed by atoms with Gasteiger partial charge in [-0.25, -0.2) is 17.6 Å². The third-order valence-corrected chi connectivity index (χ3v) is 4.96. The van der Waals surface area contributed by atoms with Gasteiger partial charge in [-0.1, -0.05) is 54.6 Å². The second-order valence-corrected chi connectivity index (χ2v) is 6.70. The van der Waals surface area contributed by atoms with Crippen LogP contribution in [0.15, 0.2) is 54.6 Å². The van der Waals surface area contributed by atoms with Gasteiger partial charge in [0.15, 0.2) is 0 Å². The molecule has 5 heteroatoms. The summed E-state index contributed by atoms with van der Waals surface area (Å²) in [6, 6.07) is 15.8. The maximum Gasteiger partial charge on any atom is 0.280 e. The second kappa shape index (κ2) is 6.79. The first-order valence-corrected chi connectivity index (χ1v) is 8.39. The highest BCUT2D eigenvalue weighted by molar-refractivity contribution is 5.63. The molecule has 0 saturated heterocycles. The molecule has 0 amide bonds. The van der Waals surface area contributed by atoms with E-state index in [9.17, 15) is 22.7 Å². The summed E-state index contributed by atoms with van der Waals surface area (Å²) in [5, 5.41) is 10.2. The fourth-order valence-electron chi connectivity index (χ4n) is 3.36. The Balaban J connectivity index is 1.74. The third-order valence-electron chi connectivity index (χ3n) is 4.96. The molecule has 2 aromatic rings. The van der Waals surface area contributed by atoms with Gasteiger partial charge in [-0.2, -0.15) is 0 Å². The van der Waals surface area contributed by atoms with Crippen molar-refractivity contribution >= 4 is 0 Å². The highest BCUT2D eigenvalue weighted by Crippen LogP contribution is 2.47. The number of aliphatic hydroxyl groups is 1. The predicted molar refractivity (Wildman–Crippen MR) is 88.7 cm³/mol. The zero-order valence-corrected chi connectivity index (χ0v) is 13.6. The average molecular weight is 352 g/mol. The summed E-state index contributed by atoms with van der Waals surface area (Å²) in [4.78, 5) is 0. The van der Waals surface area contributed by atoms with Crippen LogP contribution in [0.1, 0.15) is 37.4 Å². The normalized spacial score (nSPS) is 19.6. The molecule has 1 fully saturated rings. The molecule has 1 aliphatic carbocycles. The molecular formula is C20H20F4O. The van der Waals surface area contributed by atoms with E-state index in [1.807, 2.05) is 30.3 Å². The molecule has 134 valence electrons. The fraction of sp³-hybridized carbons (Fsp3) is 0.400. The monoisotopic (exact) mass is 352 g/mol. The van der Waals surface area contributed by atoms with E-state index in [-0.39, 0.29) is 18.4 Å². The Morgan fingerprint density at radius 2 is 1.40 bits per heavy atom. The van der Waals surface area contributed by atoms with Crippen LogP contribution < -0.4 is 0 Å². The van der Waals surface area contributed by atoms with Gasteiger partial charge in [0.2, 0.25) is 5.92 Å². The Hall–Kier alpha value is -1.88. The van der Waals surface area contributed by atoms with Crippen molar-refractivity contribution in [1.82, 2.24) is 0 Å². The fourth-order valence-corrected chi connectivity index (χ4v) is 3.36. The molecule has 25 heavy (non-hydrogen) atoms. The second-order valence-electron chi connectivity index (χ2n) is 6.70. The van der Waals surface area contributed by atoms with Crippen molar-refractivity contribution < 1.29 is 22.7 Å². The van der Waals surface area contributed by atoms with Gasteiger partial charge in [-0.05, 0) is 29.5 Å². The summed E-state index contributed by atoms with van der Waals surface area (Å²) < 4.78 is 55.5. The molecule has 0 aromatic heterocycles. The summed E-state index contributed by atoms with van der Waals surface area (Å²) in [6.45, 7) is 0. The number of hydrogen-bond donors (Lipinski definition) is 1. The van der Waals surface area contributed by atoms with Crippen LogP contribution in [-0.2, 0) is 0 Å². The lowest BCUT2D eigenvalue weighted by molar-refractivity contribution is -0.173. The molecule has 1 aliphatic rings. The van der Waals surface area contributed by atoms with Crippen molar-refractivity contribution in [3.63, 3.8) is 0 Å². The topological polar surface area (TPSA) is 20.2 Å². The zero-order valence-electron chi connectivity index (χ0n) is 13.6. The molecule has 0 spiro atoms. The van der Waals surface area contributed by atoms with Crippen molar-refractivity contribution in [3.05, 3.63) is 60.2 Å². The molecule has 3 rings (SSSR count). The molecule has 1 unspecified atom stereocenters. The standard InChI is InChI=1S/C20H20F4O/c21-19(22)12-10-17(11-13-19)20(23,24)18(25)16-8-6-15(7-9-16)14-4-2-1-3-5-14/h1-9,17-18,25H,10-13H2. The SMILES string of the molecule is OC(c1ccc(-c2ccccc2)cc1)C(F)(F)C1CCC(F)(F)CC1. The lowest BCUT2D eigenvalue weighted by Crippen LogP contribution is -2.39.